The van der Waals surface area contributed by atoms with E-state index in [0.717, 1.165) is 22.9 Å². The van der Waals surface area contributed by atoms with Crippen LogP contribution in [0, 0.1) is 0 Å². The van der Waals surface area contributed by atoms with E-state index in [1.54, 1.807) is 11.3 Å². The molecule has 0 aliphatic carbocycles. The molecule has 0 amide bonds. The quantitative estimate of drug-likeness (QED) is 0.785. The smallest absolute Gasteiger partial charge is 0.140 e. The Hall–Kier alpha value is -1.43. The molecule has 1 heterocycles. The van der Waals surface area contributed by atoms with Gasteiger partial charge in [-0.3, -0.25) is 0 Å². The molecule has 0 aliphatic rings. The number of nitrogens with one attached hydrogen (secondary N) is 1. The van der Waals surface area contributed by atoms with Crippen molar-refractivity contribution < 1.29 is 9.84 Å². The van der Waals surface area contributed by atoms with Gasteiger partial charge in [-0.15, -0.1) is 11.3 Å². The summed E-state index contributed by atoms with van der Waals surface area (Å²) in [6.45, 7) is 3.38. The van der Waals surface area contributed by atoms with Crippen LogP contribution < -0.4 is 10.1 Å². The van der Waals surface area contributed by atoms with Crippen LogP contribution in [0.3, 0.4) is 0 Å². The van der Waals surface area contributed by atoms with Crippen molar-refractivity contribution in [2.24, 2.45) is 0 Å². The maximum Gasteiger partial charge on any atom is 0.140 e. The van der Waals surface area contributed by atoms with Crippen LogP contribution in [0.25, 0.3) is 0 Å². The van der Waals surface area contributed by atoms with Crippen molar-refractivity contribution in [1.29, 1.82) is 0 Å². The largest absolute Gasteiger partial charge is 0.486 e. The standard InChI is InChI=1S/C15H20N2O2S/c1-2-12(9-18)16-8-13-11-20-15(17-13)10-19-14-6-4-3-5-7-14/h3-7,11-12,16,18H,2,8-10H2,1H3. The van der Waals surface area contributed by atoms with Crippen LogP contribution in [0.1, 0.15) is 24.0 Å². The van der Waals surface area contributed by atoms with Gasteiger partial charge in [-0.1, -0.05) is 25.1 Å². The van der Waals surface area contributed by atoms with E-state index in [1.807, 2.05) is 42.6 Å². The fraction of sp³-hybridized carbons (Fsp3) is 0.400. The minimum absolute atomic E-state index is 0.140. The third-order valence-electron chi connectivity index (χ3n) is 2.99. The van der Waals surface area contributed by atoms with Gasteiger partial charge in [0.25, 0.3) is 0 Å². The first-order valence-corrected chi connectivity index (χ1v) is 7.65. The Morgan fingerprint density at radius 3 is 2.85 bits per heavy atom. The lowest BCUT2D eigenvalue weighted by Gasteiger charge is -2.12. The third kappa shape index (κ3) is 4.59. The zero-order chi connectivity index (χ0) is 14.2. The molecule has 1 aromatic carbocycles. The molecule has 0 spiro atoms. The van der Waals surface area contributed by atoms with Crippen molar-refractivity contribution in [2.75, 3.05) is 6.61 Å². The summed E-state index contributed by atoms with van der Waals surface area (Å²) in [7, 11) is 0. The second kappa shape index (κ2) is 7.99. The average Bonchev–Trinajstić information content (AvgIpc) is 2.95. The van der Waals surface area contributed by atoms with Crippen LogP contribution in [0.5, 0.6) is 5.75 Å². The van der Waals surface area contributed by atoms with Crippen LogP contribution in [0.15, 0.2) is 35.7 Å². The molecule has 0 aliphatic heterocycles. The number of aromatic nitrogens is 1. The van der Waals surface area contributed by atoms with E-state index < -0.39 is 0 Å². The molecule has 2 rings (SSSR count). The molecule has 0 bridgehead atoms. The summed E-state index contributed by atoms with van der Waals surface area (Å²) >= 11 is 1.60. The van der Waals surface area contributed by atoms with E-state index in [2.05, 4.69) is 10.3 Å². The van der Waals surface area contributed by atoms with E-state index in [9.17, 15) is 0 Å². The van der Waals surface area contributed by atoms with Gasteiger partial charge < -0.3 is 15.2 Å². The van der Waals surface area contributed by atoms with Gasteiger partial charge in [0.2, 0.25) is 0 Å². The Morgan fingerprint density at radius 2 is 2.15 bits per heavy atom. The predicted molar refractivity (Wildman–Crippen MR) is 80.9 cm³/mol. The number of ether oxygens (including phenoxy) is 1. The summed E-state index contributed by atoms with van der Waals surface area (Å²) in [6.07, 6.45) is 0.907. The fourth-order valence-corrected chi connectivity index (χ4v) is 2.45. The summed E-state index contributed by atoms with van der Waals surface area (Å²) in [5, 5.41) is 15.4. The molecule has 0 radical (unpaired) electrons. The molecule has 0 saturated carbocycles. The van der Waals surface area contributed by atoms with Gasteiger partial charge in [0, 0.05) is 18.0 Å². The normalized spacial score (nSPS) is 12.3. The van der Waals surface area contributed by atoms with Crippen molar-refractivity contribution >= 4 is 11.3 Å². The van der Waals surface area contributed by atoms with Gasteiger partial charge in [0.15, 0.2) is 0 Å². The second-order valence-electron chi connectivity index (χ2n) is 4.50. The molecule has 1 aromatic heterocycles. The lowest BCUT2D eigenvalue weighted by Crippen LogP contribution is -2.31. The molecule has 1 unspecified atom stereocenters. The van der Waals surface area contributed by atoms with E-state index in [0.29, 0.717) is 13.2 Å². The van der Waals surface area contributed by atoms with Crippen molar-refractivity contribution in [3.8, 4) is 5.75 Å². The molecular formula is C15H20N2O2S. The number of aliphatic hydroxyl groups excluding tert-OH is 1. The maximum absolute atomic E-state index is 9.12. The molecule has 108 valence electrons. The lowest BCUT2D eigenvalue weighted by molar-refractivity contribution is 0.238. The first kappa shape index (κ1) is 15.0. The van der Waals surface area contributed by atoms with Gasteiger partial charge in [-0.2, -0.15) is 0 Å². The monoisotopic (exact) mass is 292 g/mol. The fourth-order valence-electron chi connectivity index (χ4n) is 1.75. The van der Waals surface area contributed by atoms with E-state index in [-0.39, 0.29) is 12.6 Å². The Balaban J connectivity index is 1.80. The number of benzene rings is 1. The second-order valence-corrected chi connectivity index (χ2v) is 5.45. The topological polar surface area (TPSA) is 54.4 Å². The van der Waals surface area contributed by atoms with Crippen LogP contribution in [0.4, 0.5) is 0 Å². The minimum atomic E-state index is 0.140. The number of hydrogen-bond donors (Lipinski definition) is 2. The van der Waals surface area contributed by atoms with Gasteiger partial charge >= 0.3 is 0 Å². The maximum atomic E-state index is 9.12. The van der Waals surface area contributed by atoms with E-state index >= 15 is 0 Å². The number of aliphatic hydroxyl groups is 1. The van der Waals surface area contributed by atoms with Crippen molar-refractivity contribution in [3.05, 3.63) is 46.4 Å². The van der Waals surface area contributed by atoms with E-state index in [4.69, 9.17) is 9.84 Å². The molecule has 20 heavy (non-hydrogen) atoms. The highest BCUT2D eigenvalue weighted by Gasteiger charge is 2.06. The molecule has 2 N–H and O–H groups in total. The Morgan fingerprint density at radius 1 is 1.35 bits per heavy atom. The van der Waals surface area contributed by atoms with Gasteiger partial charge in [0.05, 0.1) is 12.3 Å². The molecular weight excluding hydrogens is 272 g/mol. The highest BCUT2D eigenvalue weighted by molar-refractivity contribution is 7.09. The summed E-state index contributed by atoms with van der Waals surface area (Å²) in [5.41, 5.74) is 0.994. The van der Waals surface area contributed by atoms with Crippen molar-refractivity contribution in [3.63, 3.8) is 0 Å². The number of hydrogen-bond acceptors (Lipinski definition) is 5. The summed E-state index contributed by atoms with van der Waals surface area (Å²) in [6, 6.07) is 9.87. The molecule has 0 fully saturated rings. The van der Waals surface area contributed by atoms with Crippen molar-refractivity contribution in [1.82, 2.24) is 10.3 Å². The molecule has 5 heteroatoms. The molecule has 4 nitrogen and oxygen atoms in total. The van der Waals surface area contributed by atoms with Crippen LogP contribution in [-0.2, 0) is 13.2 Å². The third-order valence-corrected chi connectivity index (χ3v) is 3.86. The highest BCUT2D eigenvalue weighted by atomic mass is 32.1. The Bertz CT molecular complexity index is 498. The number of rotatable bonds is 8. The number of para-hydroxylation sites is 1. The average molecular weight is 292 g/mol. The van der Waals surface area contributed by atoms with Crippen LogP contribution in [-0.4, -0.2) is 22.7 Å². The molecule has 2 aromatic rings. The zero-order valence-corrected chi connectivity index (χ0v) is 12.4. The summed E-state index contributed by atoms with van der Waals surface area (Å²) < 4.78 is 5.66. The first-order chi connectivity index (χ1) is 9.81. The molecule has 1 atom stereocenters. The predicted octanol–water partition coefficient (Wildman–Crippen LogP) is 2.58. The highest BCUT2D eigenvalue weighted by Crippen LogP contribution is 2.15. The molecule has 0 saturated heterocycles. The van der Waals surface area contributed by atoms with Crippen LogP contribution >= 0.6 is 11.3 Å². The van der Waals surface area contributed by atoms with E-state index in [1.165, 1.54) is 0 Å². The van der Waals surface area contributed by atoms with Gasteiger partial charge in [0.1, 0.15) is 17.4 Å². The number of thiazole rings is 1. The Kier molecular flexibility index (Phi) is 5.98. The summed E-state index contributed by atoms with van der Waals surface area (Å²) in [4.78, 5) is 4.52. The minimum Gasteiger partial charge on any atom is -0.486 e. The SMILES string of the molecule is CCC(CO)NCc1csc(COc2ccccc2)n1. The summed E-state index contributed by atoms with van der Waals surface area (Å²) in [5.74, 6) is 0.855. The van der Waals surface area contributed by atoms with Gasteiger partial charge in [-0.25, -0.2) is 4.98 Å². The lowest BCUT2D eigenvalue weighted by atomic mass is 10.2. The van der Waals surface area contributed by atoms with Crippen molar-refractivity contribution in [2.45, 2.75) is 32.5 Å². The number of nitrogens with zero attached hydrogens (tertiary/aromatic N) is 1. The first-order valence-electron chi connectivity index (χ1n) is 6.77. The Labute approximate surface area is 123 Å². The van der Waals surface area contributed by atoms with Gasteiger partial charge in [-0.05, 0) is 18.6 Å². The zero-order valence-electron chi connectivity index (χ0n) is 11.6. The van der Waals surface area contributed by atoms with Crippen LogP contribution in [0.2, 0.25) is 0 Å².